The maximum atomic E-state index is 12.1. The van der Waals surface area contributed by atoms with E-state index in [2.05, 4.69) is 14.7 Å². The van der Waals surface area contributed by atoms with Crippen LogP contribution < -0.4 is 10.5 Å². The molecule has 0 saturated carbocycles. The second-order valence-electron chi connectivity index (χ2n) is 4.51. The van der Waals surface area contributed by atoms with Gasteiger partial charge in [-0.25, -0.2) is 18.1 Å². The van der Waals surface area contributed by atoms with Gasteiger partial charge in [-0.15, -0.1) is 0 Å². The minimum absolute atomic E-state index is 0.221. The van der Waals surface area contributed by atoms with E-state index in [1.807, 2.05) is 0 Å². The number of hydrogen-bond acceptors (Lipinski definition) is 4. The molecule has 0 saturated heterocycles. The first-order valence-electron chi connectivity index (χ1n) is 6.31. The van der Waals surface area contributed by atoms with Crippen molar-refractivity contribution in [2.24, 2.45) is 5.73 Å². The van der Waals surface area contributed by atoms with Gasteiger partial charge in [0.25, 0.3) is 0 Å². The lowest BCUT2D eigenvalue weighted by Crippen LogP contribution is -2.26. The van der Waals surface area contributed by atoms with Gasteiger partial charge < -0.3 is 10.7 Å². The molecule has 4 N–H and O–H groups in total. The highest BCUT2D eigenvalue weighted by Gasteiger charge is 2.13. The maximum Gasteiger partial charge on any atom is 0.240 e. The van der Waals surface area contributed by atoms with E-state index in [4.69, 9.17) is 18.0 Å². The van der Waals surface area contributed by atoms with Gasteiger partial charge in [0.05, 0.1) is 16.2 Å². The Hall–Kier alpha value is -1.77. The molecule has 6 nitrogen and oxygen atoms in total. The van der Waals surface area contributed by atoms with E-state index in [1.54, 1.807) is 36.8 Å². The predicted octanol–water partition coefficient (Wildman–Crippen LogP) is 0.759. The van der Waals surface area contributed by atoms with Crippen LogP contribution in [0.3, 0.4) is 0 Å². The second kappa shape index (κ2) is 6.79. The smallest absolute Gasteiger partial charge is 0.240 e. The summed E-state index contributed by atoms with van der Waals surface area (Å²) in [4.78, 5) is 7.39. The van der Waals surface area contributed by atoms with Crippen molar-refractivity contribution in [3.63, 3.8) is 0 Å². The van der Waals surface area contributed by atoms with Gasteiger partial charge in [0.1, 0.15) is 0 Å². The Morgan fingerprint density at radius 3 is 2.62 bits per heavy atom. The summed E-state index contributed by atoms with van der Waals surface area (Å²) in [6.07, 6.45) is 4.24. The van der Waals surface area contributed by atoms with Gasteiger partial charge in [0.2, 0.25) is 10.0 Å². The lowest BCUT2D eigenvalue weighted by atomic mass is 10.1. The summed E-state index contributed by atoms with van der Waals surface area (Å²) >= 11 is 4.82. The largest absolute Gasteiger partial charge is 0.393 e. The number of H-pyrrole nitrogens is 1. The van der Waals surface area contributed by atoms with E-state index in [0.717, 1.165) is 11.3 Å². The summed E-state index contributed by atoms with van der Waals surface area (Å²) in [5.74, 6) is 0. The highest BCUT2D eigenvalue weighted by atomic mass is 32.2. The van der Waals surface area contributed by atoms with E-state index < -0.39 is 10.0 Å². The molecule has 0 fully saturated rings. The molecule has 0 spiro atoms. The quantitative estimate of drug-likeness (QED) is 0.653. The van der Waals surface area contributed by atoms with Gasteiger partial charge in [-0.1, -0.05) is 24.4 Å². The minimum Gasteiger partial charge on any atom is -0.393 e. The molecule has 1 aromatic carbocycles. The van der Waals surface area contributed by atoms with Crippen molar-refractivity contribution in [2.75, 3.05) is 6.54 Å². The fraction of sp³-hybridized carbons (Fsp3) is 0.231. The SMILES string of the molecule is NC(=S)Cc1ccc(S(=O)(=O)NCCc2cnc[nH]2)cc1. The summed E-state index contributed by atoms with van der Waals surface area (Å²) in [5.41, 5.74) is 7.22. The molecule has 2 rings (SSSR count). The summed E-state index contributed by atoms with van der Waals surface area (Å²) < 4.78 is 26.8. The van der Waals surface area contributed by atoms with Crippen LogP contribution >= 0.6 is 12.2 Å². The molecule has 0 bridgehead atoms. The lowest BCUT2D eigenvalue weighted by molar-refractivity contribution is 0.581. The molecule has 1 heterocycles. The van der Waals surface area contributed by atoms with Crippen molar-refractivity contribution in [3.8, 4) is 0 Å². The maximum absolute atomic E-state index is 12.1. The number of hydrogen-bond donors (Lipinski definition) is 3. The number of nitrogens with zero attached hydrogens (tertiary/aromatic N) is 1. The molecule has 0 aliphatic rings. The molecule has 0 unspecified atom stereocenters. The molecule has 0 radical (unpaired) electrons. The summed E-state index contributed by atoms with van der Waals surface area (Å²) in [5, 5.41) is 0. The third kappa shape index (κ3) is 4.62. The zero-order valence-corrected chi connectivity index (χ0v) is 12.9. The first-order valence-corrected chi connectivity index (χ1v) is 8.21. The number of sulfonamides is 1. The first-order chi connectivity index (χ1) is 9.97. The third-order valence-corrected chi connectivity index (χ3v) is 4.47. The molecule has 0 aliphatic carbocycles. The van der Waals surface area contributed by atoms with Gasteiger partial charge in [0.15, 0.2) is 0 Å². The fourth-order valence-electron chi connectivity index (χ4n) is 1.81. The van der Waals surface area contributed by atoms with Crippen molar-refractivity contribution >= 4 is 27.2 Å². The molecular weight excluding hydrogens is 308 g/mol. The van der Waals surface area contributed by atoms with Crippen LogP contribution in [-0.4, -0.2) is 29.9 Å². The van der Waals surface area contributed by atoms with Gasteiger partial charge >= 0.3 is 0 Å². The van der Waals surface area contributed by atoms with Crippen molar-refractivity contribution in [1.82, 2.24) is 14.7 Å². The minimum atomic E-state index is -3.51. The zero-order valence-electron chi connectivity index (χ0n) is 11.2. The average Bonchev–Trinajstić information content (AvgIpc) is 2.91. The van der Waals surface area contributed by atoms with Gasteiger partial charge in [-0.05, 0) is 17.7 Å². The van der Waals surface area contributed by atoms with Crippen LogP contribution in [0.4, 0.5) is 0 Å². The van der Waals surface area contributed by atoms with E-state index in [9.17, 15) is 8.42 Å². The van der Waals surface area contributed by atoms with Crippen molar-refractivity contribution < 1.29 is 8.42 Å². The van der Waals surface area contributed by atoms with Gasteiger partial charge in [-0.3, -0.25) is 0 Å². The first kappa shape index (κ1) is 15.6. The molecule has 112 valence electrons. The number of benzene rings is 1. The fourth-order valence-corrected chi connectivity index (χ4v) is 3.01. The summed E-state index contributed by atoms with van der Waals surface area (Å²) in [7, 11) is -3.51. The van der Waals surface area contributed by atoms with Crippen LogP contribution in [0.25, 0.3) is 0 Å². The van der Waals surface area contributed by atoms with Gasteiger partial charge in [-0.2, -0.15) is 0 Å². The molecule has 1 aromatic heterocycles. The van der Waals surface area contributed by atoms with Crippen LogP contribution in [0, 0.1) is 0 Å². The molecule has 0 amide bonds. The molecule has 0 atom stereocenters. The number of aromatic amines is 1. The molecule has 21 heavy (non-hydrogen) atoms. The van der Waals surface area contributed by atoms with Crippen molar-refractivity contribution in [2.45, 2.75) is 17.7 Å². The third-order valence-electron chi connectivity index (χ3n) is 2.85. The molecule has 2 aromatic rings. The number of nitrogens with two attached hydrogens (primary N) is 1. The Bertz CT molecular complexity index is 694. The number of aromatic nitrogens is 2. The van der Waals surface area contributed by atoms with E-state index >= 15 is 0 Å². The van der Waals surface area contributed by atoms with Crippen LogP contribution in [0.15, 0.2) is 41.7 Å². The lowest BCUT2D eigenvalue weighted by Gasteiger charge is -2.07. The highest BCUT2D eigenvalue weighted by Crippen LogP contribution is 2.11. The van der Waals surface area contributed by atoms with Crippen LogP contribution in [-0.2, 0) is 22.9 Å². The summed E-state index contributed by atoms with van der Waals surface area (Å²) in [6, 6.07) is 6.52. The van der Waals surface area contributed by atoms with Crippen molar-refractivity contribution in [1.29, 1.82) is 0 Å². The van der Waals surface area contributed by atoms with E-state index in [-0.39, 0.29) is 4.90 Å². The summed E-state index contributed by atoms with van der Waals surface area (Å²) in [6.45, 7) is 0.305. The topological polar surface area (TPSA) is 101 Å². The molecule has 0 aliphatic heterocycles. The van der Waals surface area contributed by atoms with Crippen molar-refractivity contribution in [3.05, 3.63) is 48.0 Å². The molecular formula is C13H16N4O2S2. The Balaban J connectivity index is 1.96. The van der Waals surface area contributed by atoms with Crippen LogP contribution in [0.5, 0.6) is 0 Å². The monoisotopic (exact) mass is 324 g/mol. The number of imidazole rings is 1. The Kier molecular flexibility index (Phi) is 5.05. The van der Waals surface area contributed by atoms with Crippen LogP contribution in [0.2, 0.25) is 0 Å². The predicted molar refractivity (Wildman–Crippen MR) is 84.4 cm³/mol. The Labute approximate surface area is 128 Å². The number of rotatable bonds is 7. The molecule has 8 heteroatoms. The standard InChI is InChI=1S/C13H16N4O2S2/c14-13(20)7-10-1-3-12(4-2-10)21(18,19)17-6-5-11-8-15-9-16-11/h1-4,8-9,17H,5-7H2,(H2,14,20)(H,15,16). The number of nitrogens with one attached hydrogen (secondary N) is 2. The zero-order chi connectivity index (χ0) is 15.3. The second-order valence-corrected chi connectivity index (χ2v) is 6.80. The Morgan fingerprint density at radius 2 is 2.05 bits per heavy atom. The van der Waals surface area contributed by atoms with Crippen LogP contribution in [0.1, 0.15) is 11.3 Å². The average molecular weight is 324 g/mol. The highest BCUT2D eigenvalue weighted by molar-refractivity contribution is 7.89. The van der Waals surface area contributed by atoms with Gasteiger partial charge in [0, 0.05) is 31.3 Å². The normalized spacial score (nSPS) is 11.4. The van der Waals surface area contributed by atoms with E-state index in [0.29, 0.717) is 24.4 Å². The van der Waals surface area contributed by atoms with E-state index in [1.165, 1.54) is 0 Å². The number of thiocarbonyl (C=S) groups is 1. The Morgan fingerprint density at radius 1 is 1.33 bits per heavy atom.